The monoisotopic (exact) mass is 571 g/mol. The molecule has 5 N–H and O–H groups in total. The van der Waals surface area contributed by atoms with Crippen molar-refractivity contribution in [3.63, 3.8) is 0 Å². The second-order valence-corrected chi connectivity index (χ2v) is 11.7. The van der Waals surface area contributed by atoms with Gasteiger partial charge in [-0.15, -0.1) is 0 Å². The molecule has 0 aromatic carbocycles. The van der Waals surface area contributed by atoms with E-state index >= 15 is 0 Å². The van der Waals surface area contributed by atoms with Crippen molar-refractivity contribution in [2.75, 3.05) is 37.3 Å². The molecule has 16 nitrogen and oxygen atoms in total. The van der Waals surface area contributed by atoms with Crippen LogP contribution in [0.2, 0.25) is 0 Å². The molecule has 0 saturated heterocycles. The summed E-state index contributed by atoms with van der Waals surface area (Å²) in [6.07, 6.45) is 1.35. The second kappa shape index (κ2) is 12.3. The van der Waals surface area contributed by atoms with Gasteiger partial charge >= 0.3 is 13.6 Å². The van der Waals surface area contributed by atoms with E-state index in [1.54, 1.807) is 0 Å². The van der Waals surface area contributed by atoms with E-state index in [4.69, 9.17) is 9.66 Å². The molecule has 1 aromatic heterocycles. The van der Waals surface area contributed by atoms with E-state index < -0.39 is 57.8 Å². The Morgan fingerprint density at radius 2 is 1.94 bits per heavy atom. The molecule has 0 aliphatic rings. The van der Waals surface area contributed by atoms with Crippen molar-refractivity contribution in [2.45, 2.75) is 6.61 Å². The fourth-order valence-corrected chi connectivity index (χ4v) is 5.21. The maximum absolute atomic E-state index is 12.8. The zero-order valence-electron chi connectivity index (χ0n) is 16.3. The van der Waals surface area contributed by atoms with E-state index in [9.17, 15) is 31.5 Å². The molecular formula is C11H23BrN7O9PS2. The summed E-state index contributed by atoms with van der Waals surface area (Å²) in [6.45, 7) is -1.20. The third-order valence-electron chi connectivity index (χ3n) is 3.21. The number of nitro groups is 1. The first-order chi connectivity index (χ1) is 14.3. The average molecular weight is 572 g/mol. The third kappa shape index (κ3) is 11.4. The molecule has 180 valence electrons. The van der Waals surface area contributed by atoms with Gasteiger partial charge in [0.05, 0.1) is 19.4 Å². The molecule has 0 bridgehead atoms. The van der Waals surface area contributed by atoms with Gasteiger partial charge in [0.1, 0.15) is 12.8 Å². The summed E-state index contributed by atoms with van der Waals surface area (Å²) in [5.41, 5.74) is 0.165. The van der Waals surface area contributed by atoms with Crippen molar-refractivity contribution in [3.8, 4) is 0 Å². The number of imidazole rings is 1. The van der Waals surface area contributed by atoms with Crippen LogP contribution in [0.5, 0.6) is 0 Å². The fraction of sp³-hybridized carbons (Fsp3) is 0.727. The van der Waals surface area contributed by atoms with Crippen LogP contribution in [0.3, 0.4) is 0 Å². The highest BCUT2D eigenvalue weighted by Gasteiger charge is 2.25. The lowest BCUT2D eigenvalue weighted by atomic mass is 10.5. The van der Waals surface area contributed by atoms with Gasteiger partial charge in [-0.2, -0.15) is 16.8 Å². The maximum atomic E-state index is 12.8. The summed E-state index contributed by atoms with van der Waals surface area (Å²) in [7, 11) is -10.4. The van der Waals surface area contributed by atoms with Crippen LogP contribution >= 0.6 is 23.6 Å². The van der Waals surface area contributed by atoms with Crippen LogP contribution in [-0.4, -0.2) is 68.6 Å². The van der Waals surface area contributed by atoms with Gasteiger partial charge in [-0.3, -0.25) is 13.3 Å². The minimum absolute atomic E-state index is 0.165. The molecule has 1 atom stereocenters. The first kappa shape index (κ1) is 28.0. The SMILES string of the molecule is Cn1cc(COP(=O)(NCCBr)NCCOS(=O)(=O)CCNS(N)(=O)=O)nc1[N+](=O)[O-]. The quantitative estimate of drug-likeness (QED) is 0.0451. The lowest BCUT2D eigenvalue weighted by Crippen LogP contribution is -2.35. The molecule has 0 fully saturated rings. The number of hydrogen-bond donors (Lipinski definition) is 4. The number of alkyl halides is 1. The van der Waals surface area contributed by atoms with E-state index in [1.807, 2.05) is 4.72 Å². The van der Waals surface area contributed by atoms with Gasteiger partial charge < -0.3 is 10.1 Å². The summed E-state index contributed by atoms with van der Waals surface area (Å²) < 4.78 is 70.7. The van der Waals surface area contributed by atoms with E-state index in [0.29, 0.717) is 5.33 Å². The molecule has 0 spiro atoms. The number of rotatable bonds is 16. The van der Waals surface area contributed by atoms with Crippen LogP contribution in [0.1, 0.15) is 5.69 Å². The van der Waals surface area contributed by atoms with Gasteiger partial charge in [0.15, 0.2) is 5.69 Å². The van der Waals surface area contributed by atoms with Crippen LogP contribution in [0.25, 0.3) is 0 Å². The minimum Gasteiger partial charge on any atom is -0.390 e. The zero-order valence-corrected chi connectivity index (χ0v) is 20.4. The van der Waals surface area contributed by atoms with Crippen LogP contribution in [0.15, 0.2) is 6.20 Å². The molecule has 0 radical (unpaired) electrons. The average Bonchev–Trinajstić information content (AvgIpc) is 3.02. The Morgan fingerprint density at radius 1 is 1.29 bits per heavy atom. The molecule has 0 aliphatic heterocycles. The summed E-state index contributed by atoms with van der Waals surface area (Å²) in [6, 6.07) is 0. The summed E-state index contributed by atoms with van der Waals surface area (Å²) in [4.78, 5) is 13.9. The molecule has 1 rings (SSSR count). The van der Waals surface area contributed by atoms with Crippen molar-refractivity contribution < 1.29 is 35.0 Å². The summed E-state index contributed by atoms with van der Waals surface area (Å²) in [5, 5.41) is 21.1. The largest absolute Gasteiger partial charge is 0.434 e. The Kier molecular flexibility index (Phi) is 11.1. The predicted octanol–water partition coefficient (Wildman–Crippen LogP) is -1.33. The van der Waals surface area contributed by atoms with Crippen molar-refractivity contribution in [1.29, 1.82) is 0 Å². The van der Waals surface area contributed by atoms with Gasteiger partial charge in [-0.1, -0.05) is 20.9 Å². The third-order valence-corrected chi connectivity index (χ3v) is 7.22. The molecule has 0 amide bonds. The zero-order chi connectivity index (χ0) is 23.7. The van der Waals surface area contributed by atoms with Gasteiger partial charge in [-0.05, 0) is 4.92 Å². The number of nitrogens with two attached hydrogens (primary N) is 1. The van der Waals surface area contributed by atoms with Crippen LogP contribution in [0, 0.1) is 10.1 Å². The second-order valence-electron chi connectivity index (χ2n) is 5.75. The summed E-state index contributed by atoms with van der Waals surface area (Å²) >= 11 is 3.15. The number of hydrogen-bond acceptors (Lipinski definition) is 10. The topological polar surface area (TPSA) is 227 Å². The molecule has 0 saturated carbocycles. The lowest BCUT2D eigenvalue weighted by molar-refractivity contribution is -0.396. The molecule has 1 aromatic rings. The van der Waals surface area contributed by atoms with E-state index in [1.165, 1.54) is 17.8 Å². The molecular weight excluding hydrogens is 549 g/mol. The maximum Gasteiger partial charge on any atom is 0.434 e. The number of nitrogens with one attached hydrogen (secondary N) is 3. The minimum atomic E-state index is -4.06. The predicted molar refractivity (Wildman–Crippen MR) is 113 cm³/mol. The van der Waals surface area contributed by atoms with Crippen LogP contribution in [0.4, 0.5) is 5.95 Å². The molecule has 0 aliphatic carbocycles. The standard InChI is InChI=1S/C11H23BrN7O9PS2/c1-18-8-10(17-11(18)19(20)21)9-27-29(22,14-3-2-12)15-4-6-28-30(23,24)7-5-16-31(13,25)26/h8,16H,2-7,9H2,1H3,(H2,13,25,26)(H2,14,15,22). The lowest BCUT2D eigenvalue weighted by Gasteiger charge is -2.19. The Labute approximate surface area is 187 Å². The Morgan fingerprint density at radius 3 is 2.48 bits per heavy atom. The van der Waals surface area contributed by atoms with Crippen molar-refractivity contribution in [1.82, 2.24) is 24.4 Å². The number of nitrogens with zero attached hydrogens (tertiary/aromatic N) is 3. The fourth-order valence-electron chi connectivity index (χ4n) is 1.98. The number of aromatic nitrogens is 2. The van der Waals surface area contributed by atoms with E-state index in [-0.39, 0.29) is 25.4 Å². The summed E-state index contributed by atoms with van der Waals surface area (Å²) in [5.74, 6) is -1.07. The number of halogens is 1. The first-order valence-electron chi connectivity index (χ1n) is 8.39. The van der Waals surface area contributed by atoms with Gasteiger partial charge in [0.25, 0.3) is 20.3 Å². The molecule has 31 heavy (non-hydrogen) atoms. The molecule has 1 heterocycles. The molecule has 1 unspecified atom stereocenters. The van der Waals surface area contributed by atoms with Gasteiger partial charge in [-0.25, -0.2) is 24.6 Å². The van der Waals surface area contributed by atoms with Gasteiger partial charge in [0.2, 0.25) is 0 Å². The van der Waals surface area contributed by atoms with Crippen molar-refractivity contribution in [3.05, 3.63) is 22.0 Å². The Bertz CT molecular complexity index is 1000. The first-order valence-corrected chi connectivity index (χ1v) is 14.3. The number of aryl methyl sites for hydroxylation is 1. The van der Waals surface area contributed by atoms with Crippen LogP contribution in [-0.2, 0) is 47.3 Å². The van der Waals surface area contributed by atoms with Crippen LogP contribution < -0.4 is 20.0 Å². The highest BCUT2D eigenvalue weighted by atomic mass is 79.9. The highest BCUT2D eigenvalue weighted by molar-refractivity contribution is 9.09. The van der Waals surface area contributed by atoms with E-state index in [2.05, 4.69) is 35.3 Å². The van der Waals surface area contributed by atoms with Crippen molar-refractivity contribution >= 4 is 49.9 Å². The van der Waals surface area contributed by atoms with Crippen molar-refractivity contribution in [2.24, 2.45) is 12.2 Å². The van der Waals surface area contributed by atoms with Gasteiger partial charge in [0, 0.05) is 25.0 Å². The molecule has 20 heteroatoms. The Hall–Kier alpha value is -1.02. The highest BCUT2D eigenvalue weighted by Crippen LogP contribution is 2.38. The Balaban J connectivity index is 2.58. The van der Waals surface area contributed by atoms with E-state index in [0.717, 1.165) is 0 Å². The normalized spacial score (nSPS) is 14.4. The smallest absolute Gasteiger partial charge is 0.390 e.